The Bertz CT molecular complexity index is 356. The van der Waals surface area contributed by atoms with Crippen molar-refractivity contribution < 1.29 is 15.0 Å². The number of carboxylic acids is 1. The second-order valence-electron chi connectivity index (χ2n) is 10.7. The van der Waals surface area contributed by atoms with Gasteiger partial charge in [-0.05, 0) is 12.8 Å². The first-order valence-electron chi connectivity index (χ1n) is 16.0. The summed E-state index contributed by atoms with van der Waals surface area (Å²) in [6, 6.07) is 0. The van der Waals surface area contributed by atoms with Crippen LogP contribution in [0.4, 0.5) is 0 Å². The lowest BCUT2D eigenvalue weighted by atomic mass is 10.0. The zero-order valence-corrected chi connectivity index (χ0v) is 24.3. The fraction of sp³-hybridized carbons (Fsp3) is 0.969. The van der Waals surface area contributed by atoms with Crippen molar-refractivity contribution in [3.8, 4) is 0 Å². The molecule has 0 amide bonds. The molecule has 0 spiro atoms. The SMILES string of the molecule is CCCCCCCCCCCCCCCC(=O)O.CCCCCCCCCCCCCCCCO. The summed E-state index contributed by atoms with van der Waals surface area (Å²) in [5, 5.41) is 17.1. The van der Waals surface area contributed by atoms with E-state index in [0.29, 0.717) is 13.0 Å². The lowest BCUT2D eigenvalue weighted by Gasteiger charge is -2.02. The van der Waals surface area contributed by atoms with E-state index >= 15 is 0 Å². The summed E-state index contributed by atoms with van der Waals surface area (Å²) in [5.74, 6) is -0.655. The van der Waals surface area contributed by atoms with E-state index in [0.717, 1.165) is 19.3 Å². The Balaban J connectivity index is 0. The van der Waals surface area contributed by atoms with Gasteiger partial charge in [-0.15, -0.1) is 0 Å². The molecule has 0 heterocycles. The normalized spacial score (nSPS) is 10.8. The summed E-state index contributed by atoms with van der Waals surface area (Å²) < 4.78 is 0. The molecule has 0 atom stereocenters. The first-order chi connectivity index (χ1) is 17.2. The highest BCUT2D eigenvalue weighted by Crippen LogP contribution is 2.14. The van der Waals surface area contributed by atoms with Crippen molar-refractivity contribution in [1.82, 2.24) is 0 Å². The highest BCUT2D eigenvalue weighted by Gasteiger charge is 1.97. The molecule has 3 heteroatoms. The summed E-state index contributed by atoms with van der Waals surface area (Å²) in [5.41, 5.74) is 0. The number of unbranched alkanes of at least 4 members (excludes halogenated alkanes) is 25. The van der Waals surface area contributed by atoms with Crippen LogP contribution in [-0.4, -0.2) is 22.8 Å². The van der Waals surface area contributed by atoms with Crippen molar-refractivity contribution in [2.45, 2.75) is 194 Å². The van der Waals surface area contributed by atoms with E-state index in [-0.39, 0.29) is 0 Å². The molecule has 0 saturated carbocycles. The van der Waals surface area contributed by atoms with Gasteiger partial charge in [0.15, 0.2) is 0 Å². The second-order valence-corrected chi connectivity index (χ2v) is 10.7. The molecule has 2 N–H and O–H groups in total. The van der Waals surface area contributed by atoms with Crippen LogP contribution >= 0.6 is 0 Å². The van der Waals surface area contributed by atoms with Gasteiger partial charge >= 0.3 is 5.97 Å². The van der Waals surface area contributed by atoms with Gasteiger partial charge in [-0.3, -0.25) is 4.79 Å². The van der Waals surface area contributed by atoms with Crippen LogP contribution in [0.5, 0.6) is 0 Å². The Morgan fingerprint density at radius 2 is 0.629 bits per heavy atom. The van der Waals surface area contributed by atoms with Gasteiger partial charge in [-0.2, -0.15) is 0 Å². The van der Waals surface area contributed by atoms with Gasteiger partial charge in [0.2, 0.25) is 0 Å². The highest BCUT2D eigenvalue weighted by molar-refractivity contribution is 5.66. The Hall–Kier alpha value is -0.570. The molecular weight excluding hydrogens is 432 g/mol. The zero-order chi connectivity index (χ0) is 26.1. The largest absolute Gasteiger partial charge is 0.481 e. The zero-order valence-electron chi connectivity index (χ0n) is 24.3. The van der Waals surface area contributed by atoms with Gasteiger partial charge in [-0.25, -0.2) is 0 Å². The average Bonchev–Trinajstić information content (AvgIpc) is 2.85. The van der Waals surface area contributed by atoms with Crippen molar-refractivity contribution in [2.75, 3.05) is 6.61 Å². The van der Waals surface area contributed by atoms with Gasteiger partial charge in [0.25, 0.3) is 0 Å². The van der Waals surface area contributed by atoms with E-state index in [2.05, 4.69) is 13.8 Å². The second kappa shape index (κ2) is 35.6. The van der Waals surface area contributed by atoms with Gasteiger partial charge < -0.3 is 10.2 Å². The van der Waals surface area contributed by atoms with Crippen LogP contribution in [0, 0.1) is 0 Å². The first kappa shape index (κ1) is 36.6. The maximum absolute atomic E-state index is 10.3. The molecule has 0 aromatic heterocycles. The number of carboxylic acid groups (broad SMARTS) is 1. The molecule has 0 aliphatic heterocycles. The summed E-state index contributed by atoms with van der Waals surface area (Å²) in [4.78, 5) is 10.3. The van der Waals surface area contributed by atoms with Crippen molar-refractivity contribution in [3.05, 3.63) is 0 Å². The molecule has 0 aromatic carbocycles. The summed E-state index contributed by atoms with van der Waals surface area (Å²) in [6.07, 6.45) is 36.5. The lowest BCUT2D eigenvalue weighted by Crippen LogP contribution is -1.93. The van der Waals surface area contributed by atoms with Crippen LogP contribution < -0.4 is 0 Å². The molecule has 0 rings (SSSR count). The molecule has 0 aliphatic carbocycles. The summed E-state index contributed by atoms with van der Waals surface area (Å²) in [7, 11) is 0. The Labute approximate surface area is 221 Å². The third-order valence-corrected chi connectivity index (χ3v) is 7.01. The number of aliphatic carboxylic acids is 1. The Morgan fingerprint density at radius 1 is 0.400 bits per heavy atom. The number of rotatable bonds is 28. The quantitative estimate of drug-likeness (QED) is 0.105. The molecule has 0 fully saturated rings. The highest BCUT2D eigenvalue weighted by atomic mass is 16.4. The molecule has 0 aromatic rings. The fourth-order valence-corrected chi connectivity index (χ4v) is 4.60. The third-order valence-electron chi connectivity index (χ3n) is 7.01. The van der Waals surface area contributed by atoms with Crippen LogP contribution in [0.2, 0.25) is 0 Å². The minimum atomic E-state index is -0.655. The number of aliphatic hydroxyl groups excluding tert-OH is 1. The summed E-state index contributed by atoms with van der Waals surface area (Å²) >= 11 is 0. The standard InChI is InChI=1S/C16H32O2.C16H34O/c1-2-3-4-5-6-7-8-9-10-11-12-13-14-15-16(17)18;1-2-3-4-5-6-7-8-9-10-11-12-13-14-15-16-17/h2-15H2,1H3,(H,17,18);17H,2-16H2,1H3. The van der Waals surface area contributed by atoms with Crippen LogP contribution in [0.15, 0.2) is 0 Å². The molecule has 0 bridgehead atoms. The van der Waals surface area contributed by atoms with Crippen LogP contribution in [0.1, 0.15) is 194 Å². The van der Waals surface area contributed by atoms with E-state index < -0.39 is 5.97 Å². The molecule has 0 saturated heterocycles. The van der Waals surface area contributed by atoms with Crippen LogP contribution in [0.3, 0.4) is 0 Å². The van der Waals surface area contributed by atoms with Gasteiger partial charge in [-0.1, -0.05) is 174 Å². The van der Waals surface area contributed by atoms with Crippen LogP contribution in [0.25, 0.3) is 0 Å². The topological polar surface area (TPSA) is 57.5 Å². The third kappa shape index (κ3) is 40.9. The molecule has 3 nitrogen and oxygen atoms in total. The van der Waals surface area contributed by atoms with Crippen LogP contribution in [-0.2, 0) is 4.79 Å². The Morgan fingerprint density at radius 3 is 0.857 bits per heavy atom. The van der Waals surface area contributed by atoms with E-state index in [9.17, 15) is 4.79 Å². The molecule has 212 valence electrons. The van der Waals surface area contributed by atoms with E-state index in [1.165, 1.54) is 154 Å². The molecule has 0 aliphatic rings. The number of hydrogen-bond donors (Lipinski definition) is 2. The van der Waals surface area contributed by atoms with Gasteiger partial charge in [0.05, 0.1) is 0 Å². The maximum Gasteiger partial charge on any atom is 0.303 e. The smallest absolute Gasteiger partial charge is 0.303 e. The average molecular weight is 499 g/mol. The predicted octanol–water partition coefficient (Wildman–Crippen LogP) is 11.0. The molecule has 0 unspecified atom stereocenters. The number of carbonyl (C=O) groups is 1. The van der Waals surface area contributed by atoms with Crippen molar-refractivity contribution >= 4 is 5.97 Å². The van der Waals surface area contributed by atoms with E-state index in [1.54, 1.807) is 0 Å². The minimum absolute atomic E-state index is 0.345. The first-order valence-corrected chi connectivity index (χ1v) is 16.0. The van der Waals surface area contributed by atoms with Gasteiger partial charge in [0.1, 0.15) is 0 Å². The number of hydrogen-bond acceptors (Lipinski definition) is 2. The number of aliphatic hydroxyl groups is 1. The predicted molar refractivity (Wildman–Crippen MR) is 155 cm³/mol. The summed E-state index contributed by atoms with van der Waals surface area (Å²) in [6.45, 7) is 4.91. The van der Waals surface area contributed by atoms with Gasteiger partial charge in [0, 0.05) is 13.0 Å². The lowest BCUT2D eigenvalue weighted by molar-refractivity contribution is -0.137. The van der Waals surface area contributed by atoms with Crippen molar-refractivity contribution in [2.24, 2.45) is 0 Å². The fourth-order valence-electron chi connectivity index (χ4n) is 4.60. The Kier molecular flexibility index (Phi) is 37.2. The molecule has 0 radical (unpaired) electrons. The molecule has 35 heavy (non-hydrogen) atoms. The van der Waals surface area contributed by atoms with Crippen molar-refractivity contribution in [3.63, 3.8) is 0 Å². The minimum Gasteiger partial charge on any atom is -0.481 e. The van der Waals surface area contributed by atoms with E-state index in [4.69, 9.17) is 10.2 Å². The molecular formula is C32H66O3. The van der Waals surface area contributed by atoms with Crippen molar-refractivity contribution in [1.29, 1.82) is 0 Å². The monoisotopic (exact) mass is 499 g/mol. The van der Waals surface area contributed by atoms with E-state index in [1.807, 2.05) is 0 Å². The maximum atomic E-state index is 10.3.